The summed E-state index contributed by atoms with van der Waals surface area (Å²) < 4.78 is 47.0. The molecule has 65 heavy (non-hydrogen) atoms. The number of benzene rings is 1. The summed E-state index contributed by atoms with van der Waals surface area (Å²) in [5, 5.41) is 0. The van der Waals surface area contributed by atoms with Crippen molar-refractivity contribution in [3.05, 3.63) is 53.6 Å². The van der Waals surface area contributed by atoms with Crippen LogP contribution in [-0.2, 0) is 19.6 Å². The molecule has 0 unspecified atom stereocenters. The smallest absolute Gasteiger partial charge is 0.744 e. The first-order valence-electron chi connectivity index (χ1n) is 27.1. The average molecular weight is 954 g/mol. The molecule has 0 fully saturated rings. The van der Waals surface area contributed by atoms with Crippen LogP contribution in [0.25, 0.3) is 0 Å². The van der Waals surface area contributed by atoms with Crippen LogP contribution in [0.15, 0.2) is 47.4 Å². The van der Waals surface area contributed by atoms with Gasteiger partial charge >= 0.3 is 63.3 Å². The number of allylic oxidation sites excluding steroid dienone is 4. The zero-order valence-corrected chi connectivity index (χ0v) is 46.4. The van der Waals surface area contributed by atoms with Gasteiger partial charge in [-0.2, -0.15) is 0 Å². The van der Waals surface area contributed by atoms with E-state index in [0.29, 0.717) is 12.8 Å². The van der Waals surface area contributed by atoms with Gasteiger partial charge in [0.25, 0.3) is 0 Å². The molecular weight excluding hydrogens is 856 g/mol. The summed E-state index contributed by atoms with van der Waals surface area (Å²) >= 11 is 0. The molecule has 0 radical (unpaired) electrons. The van der Waals surface area contributed by atoms with Gasteiger partial charge in [-0.3, -0.25) is 0 Å². The van der Waals surface area contributed by atoms with E-state index in [-0.39, 0.29) is 70.2 Å². The monoisotopic (exact) mass is 953 g/mol. The normalized spacial score (nSPS) is 11.7. The minimum absolute atomic E-state index is 0. The Bertz CT molecular complexity index is 1410. The molecule has 0 atom stereocenters. The van der Waals surface area contributed by atoms with Gasteiger partial charge in [0.05, 0.1) is 29.2 Å². The Labute approximate surface area is 443 Å². The van der Waals surface area contributed by atoms with Crippen molar-refractivity contribution in [3.8, 4) is 0 Å². The molecule has 0 N–H and O–H groups in total. The number of unbranched alkanes of at least 4 members (excludes halogenated alkanes) is 36. The second-order valence-electron chi connectivity index (χ2n) is 18.5. The van der Waals surface area contributed by atoms with Gasteiger partial charge in [-0.15, -0.1) is 0 Å². The Morgan fingerprint density at radius 3 is 1.02 bits per heavy atom. The molecule has 370 valence electrons. The maximum atomic E-state index is 13.1. The fourth-order valence-electron chi connectivity index (χ4n) is 8.42. The summed E-state index contributed by atoms with van der Waals surface area (Å²) in [4.78, 5) is 25.3. The van der Waals surface area contributed by atoms with Gasteiger partial charge in [0, 0.05) is 0 Å². The first-order valence-corrected chi connectivity index (χ1v) is 28.5. The van der Waals surface area contributed by atoms with Crippen LogP contribution in [0.1, 0.15) is 291 Å². The number of ether oxygens (including phenoxy) is 2. The molecule has 1 rings (SSSR count). The van der Waals surface area contributed by atoms with Crippen molar-refractivity contribution in [3.63, 3.8) is 0 Å². The number of hydrogen-bond donors (Lipinski definition) is 0. The van der Waals surface area contributed by atoms with Gasteiger partial charge in [0.2, 0.25) is 0 Å². The van der Waals surface area contributed by atoms with Crippen LogP contribution in [0.3, 0.4) is 0 Å². The van der Waals surface area contributed by atoms with E-state index in [2.05, 4.69) is 38.2 Å². The number of carbonyl (C=O) groups is 2. The summed E-state index contributed by atoms with van der Waals surface area (Å²) in [6.45, 7) is 4.77. The van der Waals surface area contributed by atoms with Gasteiger partial charge in [-0.1, -0.05) is 237 Å². The summed E-state index contributed by atoms with van der Waals surface area (Å²) in [6.07, 6.45) is 59.2. The van der Waals surface area contributed by atoms with E-state index in [4.69, 9.17) is 9.47 Å². The molecule has 0 heterocycles. The molecule has 0 aromatic heterocycles. The van der Waals surface area contributed by atoms with Crippen molar-refractivity contribution in [2.45, 2.75) is 276 Å². The van der Waals surface area contributed by atoms with E-state index < -0.39 is 32.5 Å². The molecule has 0 saturated carbocycles. The summed E-state index contributed by atoms with van der Waals surface area (Å²) in [5.74, 6) is -1.83. The molecule has 0 bridgehead atoms. The van der Waals surface area contributed by atoms with Crippen molar-refractivity contribution in [1.29, 1.82) is 0 Å². The minimum atomic E-state index is -5.03. The third kappa shape index (κ3) is 39.7. The van der Waals surface area contributed by atoms with Gasteiger partial charge in [-0.05, 0) is 76.3 Å². The maximum Gasteiger partial charge on any atom is 1.00 e. The van der Waals surface area contributed by atoms with Gasteiger partial charge in [0.1, 0.15) is 10.1 Å². The Morgan fingerprint density at radius 1 is 0.431 bits per heavy atom. The summed E-state index contributed by atoms with van der Waals surface area (Å²) in [7, 11) is -5.03. The SMILES string of the molecule is CCCCCCCCCCCCCCCC/C=C/CCCCCCOC(=O)c1cccc(S(=O)(=O)[O-])c1C(=O)OCCCCCC/C=C/CCCCCCCCCCCCCCCC.[K+]. The van der Waals surface area contributed by atoms with Gasteiger partial charge < -0.3 is 14.0 Å². The first kappa shape index (κ1) is 64.2. The summed E-state index contributed by atoms with van der Waals surface area (Å²) in [6, 6.07) is 3.63. The topological polar surface area (TPSA) is 110 Å². The molecule has 1 aromatic carbocycles. The van der Waals surface area contributed by atoms with Crippen LogP contribution in [0.2, 0.25) is 0 Å². The second kappa shape index (κ2) is 48.2. The van der Waals surface area contributed by atoms with Gasteiger partial charge in [0.15, 0.2) is 0 Å². The fraction of sp³-hybridized carbons (Fsp3) is 0.786. The van der Waals surface area contributed by atoms with Gasteiger partial charge in [-0.25, -0.2) is 18.0 Å². The Kier molecular flexibility index (Phi) is 47.6. The van der Waals surface area contributed by atoms with E-state index in [1.54, 1.807) is 0 Å². The number of esters is 2. The van der Waals surface area contributed by atoms with Crippen molar-refractivity contribution in [2.75, 3.05) is 13.2 Å². The molecule has 0 saturated heterocycles. The number of rotatable bonds is 47. The standard InChI is InChI=1S/C56H98O7S.K/c1-3-5-7-9-11-13-15-17-19-21-23-25-27-29-31-33-35-37-39-41-43-45-50-62-55(57)52-48-47-49-53(64(59,60)61)54(52)56(58)63-51-46-44-42-40-38-36-34-32-30-28-26-24-22-20-18-16-14-12-10-8-6-4-2;/h33-36,47-49H,3-32,37-46,50-51H2,1-2H3,(H,59,60,61);/q;+1/p-1/b35-33+,36-34+;. The Morgan fingerprint density at radius 2 is 0.708 bits per heavy atom. The van der Waals surface area contributed by atoms with E-state index in [1.165, 1.54) is 192 Å². The van der Waals surface area contributed by atoms with Crippen molar-refractivity contribution < 1.29 is 83.4 Å². The first-order chi connectivity index (χ1) is 31.3. The van der Waals surface area contributed by atoms with Crippen LogP contribution in [0.4, 0.5) is 0 Å². The van der Waals surface area contributed by atoms with Crippen LogP contribution < -0.4 is 51.4 Å². The largest absolute Gasteiger partial charge is 1.00 e. The van der Waals surface area contributed by atoms with Crippen LogP contribution in [0, 0.1) is 0 Å². The fourth-order valence-corrected chi connectivity index (χ4v) is 9.11. The van der Waals surface area contributed by atoms with E-state index in [9.17, 15) is 22.6 Å². The second-order valence-corrected chi connectivity index (χ2v) is 19.9. The van der Waals surface area contributed by atoms with Crippen LogP contribution in [-0.4, -0.2) is 38.1 Å². The van der Waals surface area contributed by atoms with E-state index in [1.807, 2.05) is 0 Å². The maximum absolute atomic E-state index is 13.1. The third-order valence-corrected chi connectivity index (χ3v) is 13.4. The molecule has 7 nitrogen and oxygen atoms in total. The molecule has 0 aliphatic rings. The zero-order chi connectivity index (χ0) is 46.4. The number of carbonyl (C=O) groups excluding carboxylic acids is 2. The molecule has 0 aliphatic heterocycles. The third-order valence-electron chi connectivity index (χ3n) is 12.5. The molecule has 0 amide bonds. The Balaban J connectivity index is 0.0000410. The van der Waals surface area contributed by atoms with Crippen molar-refractivity contribution >= 4 is 22.1 Å². The average Bonchev–Trinajstić information content (AvgIpc) is 3.28. The molecule has 0 spiro atoms. The van der Waals surface area contributed by atoms with Crippen LogP contribution >= 0.6 is 0 Å². The molecular formula is C56H97KO7S. The minimum Gasteiger partial charge on any atom is -0.744 e. The predicted molar refractivity (Wildman–Crippen MR) is 269 cm³/mol. The molecule has 1 aromatic rings. The van der Waals surface area contributed by atoms with Crippen molar-refractivity contribution in [1.82, 2.24) is 0 Å². The zero-order valence-electron chi connectivity index (χ0n) is 42.5. The van der Waals surface area contributed by atoms with Crippen molar-refractivity contribution in [2.24, 2.45) is 0 Å². The molecule has 0 aliphatic carbocycles. The predicted octanol–water partition coefficient (Wildman–Crippen LogP) is 14.7. The van der Waals surface area contributed by atoms with E-state index in [0.717, 1.165) is 70.3 Å². The van der Waals surface area contributed by atoms with Crippen LogP contribution in [0.5, 0.6) is 0 Å². The Hall–Kier alpha value is -0.814. The van der Waals surface area contributed by atoms with E-state index >= 15 is 0 Å². The summed E-state index contributed by atoms with van der Waals surface area (Å²) in [5.41, 5.74) is -0.793. The number of hydrogen-bond acceptors (Lipinski definition) is 7. The molecule has 9 heteroatoms. The quantitative estimate of drug-likeness (QED) is 0.0210.